The van der Waals surface area contributed by atoms with E-state index >= 15 is 0 Å². The van der Waals surface area contributed by atoms with Crippen LogP contribution in [0.3, 0.4) is 0 Å². The zero-order chi connectivity index (χ0) is 42.6. The lowest BCUT2D eigenvalue weighted by Crippen LogP contribution is -2.39. The SMILES string of the molecule is [N-]=[N+]=NCCOCCOCCOCCN(CCOCCOCCOCCOCCC(=O)O)C(=S)Nc1ccc2c(c1)C(=O)OC21c2ccc(O)cc2Oc2cc(O)ccc21. The molecule has 0 fully saturated rings. The average Bonchev–Trinajstić information content (AvgIpc) is 3.51. The highest BCUT2D eigenvalue weighted by Crippen LogP contribution is 2.57. The highest BCUT2D eigenvalue weighted by atomic mass is 32.1. The number of benzene rings is 3. The van der Waals surface area contributed by atoms with Crippen LogP contribution in [0.4, 0.5) is 5.69 Å². The molecule has 5 rings (SSSR count). The molecule has 0 saturated carbocycles. The second-order valence-electron chi connectivity index (χ2n) is 13.1. The van der Waals surface area contributed by atoms with Gasteiger partial charge in [0.25, 0.3) is 0 Å². The molecule has 0 aliphatic carbocycles. The molecule has 60 heavy (non-hydrogen) atoms. The number of azide groups is 1. The summed E-state index contributed by atoms with van der Waals surface area (Å²) in [6, 6.07) is 14.4. The molecule has 0 aromatic heterocycles. The number of ether oxygens (including phenoxy) is 9. The van der Waals surface area contributed by atoms with Crippen LogP contribution < -0.4 is 10.1 Å². The van der Waals surface area contributed by atoms with Gasteiger partial charge >= 0.3 is 11.9 Å². The molecule has 0 bridgehead atoms. The zero-order valence-electron chi connectivity index (χ0n) is 33.0. The fourth-order valence-electron chi connectivity index (χ4n) is 6.26. The van der Waals surface area contributed by atoms with Crippen molar-refractivity contribution >= 4 is 35.0 Å². The summed E-state index contributed by atoms with van der Waals surface area (Å²) < 4.78 is 50.9. The van der Waals surface area contributed by atoms with Crippen molar-refractivity contribution in [3.63, 3.8) is 0 Å². The Morgan fingerprint density at radius 2 is 1.20 bits per heavy atom. The Morgan fingerprint density at radius 3 is 1.72 bits per heavy atom. The number of phenolic OH excluding ortho intramolecular Hbond substituents is 2. The molecule has 2 heterocycles. The first-order chi connectivity index (χ1) is 29.2. The van der Waals surface area contributed by atoms with Gasteiger partial charge in [0.05, 0.1) is 104 Å². The van der Waals surface area contributed by atoms with E-state index in [0.717, 1.165) is 0 Å². The molecule has 2 aliphatic rings. The van der Waals surface area contributed by atoms with Gasteiger partial charge in [-0.2, -0.15) is 0 Å². The van der Waals surface area contributed by atoms with Gasteiger partial charge < -0.3 is 68.2 Å². The predicted octanol–water partition coefficient (Wildman–Crippen LogP) is 4.57. The predicted molar refractivity (Wildman–Crippen MR) is 218 cm³/mol. The Morgan fingerprint density at radius 1 is 0.717 bits per heavy atom. The van der Waals surface area contributed by atoms with Gasteiger partial charge in [-0.25, -0.2) is 4.79 Å². The van der Waals surface area contributed by atoms with Crippen molar-refractivity contribution in [2.75, 3.05) is 117 Å². The Kier molecular flexibility index (Phi) is 18.4. The average molecular weight is 856 g/mol. The number of nitrogens with one attached hydrogen (secondary N) is 1. The zero-order valence-corrected chi connectivity index (χ0v) is 33.8. The first-order valence-electron chi connectivity index (χ1n) is 19.3. The van der Waals surface area contributed by atoms with Crippen molar-refractivity contribution in [1.82, 2.24) is 4.90 Å². The number of esters is 1. The summed E-state index contributed by atoms with van der Waals surface area (Å²) >= 11 is 5.84. The molecule has 19 nitrogen and oxygen atoms in total. The van der Waals surface area contributed by atoms with Crippen LogP contribution in [-0.2, 0) is 48.3 Å². The number of carboxylic acid groups (broad SMARTS) is 1. The van der Waals surface area contributed by atoms with Crippen molar-refractivity contribution in [3.8, 4) is 23.0 Å². The van der Waals surface area contributed by atoms with Gasteiger partial charge in [-0.05, 0) is 54.1 Å². The molecule has 0 amide bonds. The summed E-state index contributed by atoms with van der Waals surface area (Å²) in [6.45, 7) is 5.67. The van der Waals surface area contributed by atoms with Gasteiger partial charge in [-0.3, -0.25) is 4.79 Å². The van der Waals surface area contributed by atoms with Gasteiger partial charge in [0.2, 0.25) is 0 Å². The first kappa shape index (κ1) is 45.8. The summed E-state index contributed by atoms with van der Waals surface area (Å²) in [7, 11) is 0. The van der Waals surface area contributed by atoms with Crippen LogP contribution in [0.25, 0.3) is 10.4 Å². The minimum Gasteiger partial charge on any atom is -0.508 e. The van der Waals surface area contributed by atoms with Crippen molar-refractivity contribution in [2.24, 2.45) is 5.11 Å². The summed E-state index contributed by atoms with van der Waals surface area (Å²) in [5.41, 5.74) is 9.36. The van der Waals surface area contributed by atoms with Crippen LogP contribution in [0, 0.1) is 0 Å². The van der Waals surface area contributed by atoms with Gasteiger partial charge in [-0.15, -0.1) is 0 Å². The van der Waals surface area contributed by atoms with E-state index in [2.05, 4.69) is 15.3 Å². The smallest absolute Gasteiger partial charge is 0.340 e. The molecule has 324 valence electrons. The number of aliphatic carboxylic acids is 1. The molecule has 20 heteroatoms. The third-order valence-corrected chi connectivity index (χ3v) is 9.40. The molecule has 0 radical (unpaired) electrons. The lowest BCUT2D eigenvalue weighted by molar-refractivity contribution is -0.138. The fourth-order valence-corrected chi connectivity index (χ4v) is 6.56. The maximum Gasteiger partial charge on any atom is 0.340 e. The van der Waals surface area contributed by atoms with E-state index in [1.807, 2.05) is 4.90 Å². The van der Waals surface area contributed by atoms with Crippen molar-refractivity contribution in [3.05, 3.63) is 87.3 Å². The van der Waals surface area contributed by atoms with E-state index in [-0.39, 0.29) is 42.6 Å². The molecule has 3 aromatic carbocycles. The number of carboxylic acids is 1. The quantitative estimate of drug-likeness (QED) is 0.0195. The second kappa shape index (κ2) is 24.1. The number of thiocarbonyl (C=S) groups is 1. The number of nitrogens with zero attached hydrogens (tertiary/aromatic N) is 4. The first-order valence-corrected chi connectivity index (χ1v) is 19.7. The number of carbonyl (C=O) groups is 2. The van der Waals surface area contributed by atoms with Crippen molar-refractivity contribution in [2.45, 2.75) is 12.0 Å². The highest BCUT2D eigenvalue weighted by molar-refractivity contribution is 7.80. The van der Waals surface area contributed by atoms with E-state index in [0.29, 0.717) is 132 Å². The monoisotopic (exact) mass is 855 g/mol. The van der Waals surface area contributed by atoms with Gasteiger partial charge in [-0.1, -0.05) is 11.2 Å². The number of carbonyl (C=O) groups excluding carboxylic acids is 1. The standard InChI is InChI=1S/C40H49N5O14S/c41-44-42-8-12-52-16-20-56-21-17-53-13-9-45(10-14-54-18-22-57-24-23-55-19-15-51-11-7-37(48)49)39(60)43-28-1-4-32-31(25-28)38(50)59-40(32)33-5-2-29(46)26-35(33)58-36-27-30(47)3-6-34(36)40/h1-6,25-27,46-47H,7-24H2,(H,43,60)(H,48,49). The number of fused-ring (bicyclic) bond motifs is 6. The highest BCUT2D eigenvalue weighted by Gasteiger charge is 2.53. The van der Waals surface area contributed by atoms with E-state index in [9.17, 15) is 19.8 Å². The number of anilines is 1. The Balaban J connectivity index is 1.14. The van der Waals surface area contributed by atoms with Gasteiger partial charge in [0.15, 0.2) is 10.7 Å². The number of phenols is 2. The lowest BCUT2D eigenvalue weighted by atomic mass is 9.77. The van der Waals surface area contributed by atoms with Crippen LogP contribution in [0.2, 0.25) is 0 Å². The summed E-state index contributed by atoms with van der Waals surface area (Å²) in [6.07, 6.45) is -0.0493. The van der Waals surface area contributed by atoms with Gasteiger partial charge in [0.1, 0.15) is 23.0 Å². The molecule has 0 saturated heterocycles. The Labute approximate surface area is 351 Å². The molecule has 0 atom stereocenters. The maximum atomic E-state index is 13.6. The van der Waals surface area contributed by atoms with E-state index in [1.54, 1.807) is 30.3 Å². The molecule has 3 aromatic rings. The minimum atomic E-state index is -1.39. The summed E-state index contributed by atoms with van der Waals surface area (Å²) in [5, 5.41) is 36.1. The molecule has 1 spiro atoms. The number of hydrogen-bond donors (Lipinski definition) is 4. The molecule has 4 N–H and O–H groups in total. The maximum absolute atomic E-state index is 13.6. The topological polar surface area (TPSA) is 242 Å². The van der Waals surface area contributed by atoms with Crippen LogP contribution in [-0.4, -0.2) is 149 Å². The van der Waals surface area contributed by atoms with Crippen molar-refractivity contribution in [1.29, 1.82) is 0 Å². The number of aromatic hydroxyl groups is 2. The third-order valence-electron chi connectivity index (χ3n) is 9.04. The van der Waals surface area contributed by atoms with Crippen LogP contribution in [0.1, 0.15) is 33.5 Å². The number of hydrogen-bond acceptors (Lipinski definition) is 15. The molecular weight excluding hydrogens is 807 g/mol. The number of rotatable bonds is 28. The van der Waals surface area contributed by atoms with Gasteiger partial charge in [0, 0.05) is 59.1 Å². The van der Waals surface area contributed by atoms with E-state index in [1.165, 1.54) is 24.3 Å². The fraction of sp³-hybridized carbons (Fsp3) is 0.475. The van der Waals surface area contributed by atoms with Crippen molar-refractivity contribution < 1.29 is 67.5 Å². The largest absolute Gasteiger partial charge is 0.508 e. The van der Waals surface area contributed by atoms with Crippen LogP contribution in [0.5, 0.6) is 23.0 Å². The second-order valence-corrected chi connectivity index (χ2v) is 13.5. The lowest BCUT2D eigenvalue weighted by Gasteiger charge is -2.36. The molecule has 2 aliphatic heterocycles. The molecule has 0 unspecified atom stereocenters. The minimum absolute atomic E-state index is 0.0359. The third kappa shape index (κ3) is 13.1. The molecular formula is C40H49N5O14S. The van der Waals surface area contributed by atoms with E-state index in [4.69, 9.17) is 65.5 Å². The summed E-state index contributed by atoms with van der Waals surface area (Å²) in [5.74, 6) is -0.988. The normalized spacial score (nSPS) is 13.1. The Bertz CT molecular complexity index is 1900. The van der Waals surface area contributed by atoms with Crippen LogP contribution >= 0.6 is 12.2 Å². The van der Waals surface area contributed by atoms with E-state index < -0.39 is 17.5 Å². The summed E-state index contributed by atoms with van der Waals surface area (Å²) in [4.78, 5) is 28.7. The van der Waals surface area contributed by atoms with Crippen LogP contribution in [0.15, 0.2) is 59.7 Å². The Hall–Kier alpha value is -5.28.